The Morgan fingerprint density at radius 2 is 2.26 bits per heavy atom. The van der Waals surface area contributed by atoms with Crippen LogP contribution in [0.15, 0.2) is 22.0 Å². The molecule has 0 bridgehead atoms. The lowest BCUT2D eigenvalue weighted by Gasteiger charge is -2.14. The van der Waals surface area contributed by atoms with Crippen LogP contribution in [0.1, 0.15) is 36.2 Å². The summed E-state index contributed by atoms with van der Waals surface area (Å²) in [6, 6.07) is 6.46. The van der Waals surface area contributed by atoms with Gasteiger partial charge in [0.05, 0.1) is 15.5 Å². The van der Waals surface area contributed by atoms with Crippen LogP contribution in [0.3, 0.4) is 0 Å². The second-order valence-corrected chi connectivity index (χ2v) is 6.86. The Labute approximate surface area is 126 Å². The molecule has 0 aliphatic carbocycles. The first-order valence-electron chi connectivity index (χ1n) is 6.44. The Balaban J connectivity index is 2.20. The Morgan fingerprint density at radius 1 is 1.47 bits per heavy atom. The highest BCUT2D eigenvalue weighted by molar-refractivity contribution is 9.11. The average molecular weight is 343 g/mol. The van der Waals surface area contributed by atoms with Gasteiger partial charge in [-0.1, -0.05) is 6.92 Å². The van der Waals surface area contributed by atoms with E-state index in [0.29, 0.717) is 0 Å². The van der Waals surface area contributed by atoms with Crippen molar-refractivity contribution < 1.29 is 0 Å². The Bertz CT molecular complexity index is 534. The molecule has 0 fully saturated rings. The summed E-state index contributed by atoms with van der Waals surface area (Å²) in [5.41, 5.74) is 5.27. The number of nitrogens with two attached hydrogens (primary N) is 1. The Hall–Kier alpha value is -0.690. The average Bonchev–Trinajstić information content (AvgIpc) is 3.01. The smallest absolute Gasteiger partial charge is 0.0702 e. The van der Waals surface area contributed by atoms with E-state index >= 15 is 0 Å². The lowest BCUT2D eigenvalue weighted by molar-refractivity contribution is 0.522. The molecule has 6 heteroatoms. The summed E-state index contributed by atoms with van der Waals surface area (Å²) < 4.78 is 3.19. The molecule has 2 rings (SSSR count). The lowest BCUT2D eigenvalue weighted by atomic mass is 10.1. The molecule has 1 unspecified atom stereocenters. The van der Waals surface area contributed by atoms with E-state index in [2.05, 4.69) is 63.2 Å². The van der Waals surface area contributed by atoms with Gasteiger partial charge in [0.25, 0.3) is 0 Å². The fraction of sp³-hybridized carbons (Fsp3) is 0.462. The standard InChI is InChI=1S/C13H19BrN4S/c1-3-9-7-10(18(4-2)17-9)8-11(16-15)12-5-6-13(14)19-12/h5-7,11,16H,3-4,8,15H2,1-2H3. The van der Waals surface area contributed by atoms with Gasteiger partial charge in [0.15, 0.2) is 0 Å². The first kappa shape index (κ1) is 14.7. The summed E-state index contributed by atoms with van der Waals surface area (Å²) in [7, 11) is 0. The van der Waals surface area contributed by atoms with Crippen molar-refractivity contribution in [3.05, 3.63) is 38.3 Å². The summed E-state index contributed by atoms with van der Waals surface area (Å²) in [6.07, 6.45) is 1.82. The molecule has 19 heavy (non-hydrogen) atoms. The van der Waals surface area contributed by atoms with Crippen LogP contribution in [0.5, 0.6) is 0 Å². The molecule has 4 nitrogen and oxygen atoms in total. The molecule has 0 aromatic carbocycles. The van der Waals surface area contributed by atoms with Gasteiger partial charge in [0.1, 0.15) is 0 Å². The molecule has 0 amide bonds. The first-order valence-corrected chi connectivity index (χ1v) is 8.05. The van der Waals surface area contributed by atoms with Gasteiger partial charge in [-0.05, 0) is 47.5 Å². The Kier molecular flexibility index (Phi) is 5.15. The molecule has 104 valence electrons. The number of nitrogens with zero attached hydrogens (tertiary/aromatic N) is 2. The highest BCUT2D eigenvalue weighted by Crippen LogP contribution is 2.29. The number of halogens is 1. The SMILES string of the molecule is CCc1cc(CC(NN)c2ccc(Br)s2)n(CC)n1. The van der Waals surface area contributed by atoms with Crippen LogP contribution in [-0.4, -0.2) is 9.78 Å². The van der Waals surface area contributed by atoms with E-state index in [1.807, 2.05) is 0 Å². The molecule has 0 aliphatic heterocycles. The van der Waals surface area contributed by atoms with Gasteiger partial charge < -0.3 is 0 Å². The molecule has 2 heterocycles. The zero-order valence-corrected chi connectivity index (χ0v) is 13.6. The maximum absolute atomic E-state index is 5.70. The van der Waals surface area contributed by atoms with Crippen molar-refractivity contribution in [1.29, 1.82) is 0 Å². The normalized spacial score (nSPS) is 12.8. The van der Waals surface area contributed by atoms with Gasteiger partial charge in [0.2, 0.25) is 0 Å². The minimum absolute atomic E-state index is 0.128. The third kappa shape index (κ3) is 3.45. The molecule has 3 N–H and O–H groups in total. The van der Waals surface area contributed by atoms with E-state index in [0.717, 1.165) is 28.9 Å². The van der Waals surface area contributed by atoms with E-state index in [9.17, 15) is 0 Å². The van der Waals surface area contributed by atoms with Gasteiger partial charge in [-0.3, -0.25) is 16.0 Å². The fourth-order valence-corrected chi connectivity index (χ4v) is 3.58. The molecular formula is C13H19BrN4S. The molecule has 0 saturated heterocycles. The maximum Gasteiger partial charge on any atom is 0.0702 e. The van der Waals surface area contributed by atoms with Crippen LogP contribution in [0.25, 0.3) is 0 Å². The van der Waals surface area contributed by atoms with Crippen molar-refractivity contribution in [3.63, 3.8) is 0 Å². The van der Waals surface area contributed by atoms with E-state index < -0.39 is 0 Å². The minimum atomic E-state index is 0.128. The van der Waals surface area contributed by atoms with Crippen molar-refractivity contribution >= 4 is 27.3 Å². The van der Waals surface area contributed by atoms with Crippen LogP contribution in [0.2, 0.25) is 0 Å². The summed E-state index contributed by atoms with van der Waals surface area (Å²) in [4.78, 5) is 1.23. The number of aryl methyl sites for hydroxylation is 2. The Morgan fingerprint density at radius 3 is 2.79 bits per heavy atom. The van der Waals surface area contributed by atoms with E-state index in [1.165, 1.54) is 10.6 Å². The topological polar surface area (TPSA) is 55.9 Å². The van der Waals surface area contributed by atoms with Crippen LogP contribution in [0, 0.1) is 0 Å². The highest BCUT2D eigenvalue weighted by Gasteiger charge is 2.16. The van der Waals surface area contributed by atoms with Gasteiger partial charge in [-0.2, -0.15) is 5.10 Å². The van der Waals surface area contributed by atoms with Crippen molar-refractivity contribution in [2.45, 2.75) is 39.3 Å². The second kappa shape index (κ2) is 6.65. The number of rotatable bonds is 6. The first-order chi connectivity index (χ1) is 9.17. The molecular weight excluding hydrogens is 324 g/mol. The van der Waals surface area contributed by atoms with Gasteiger partial charge >= 0.3 is 0 Å². The van der Waals surface area contributed by atoms with Gasteiger partial charge in [-0.25, -0.2) is 0 Å². The number of thiophene rings is 1. The fourth-order valence-electron chi connectivity index (χ4n) is 2.09. The third-order valence-electron chi connectivity index (χ3n) is 3.13. The predicted octanol–water partition coefficient (Wildman–Crippen LogP) is 3.04. The van der Waals surface area contributed by atoms with Gasteiger partial charge in [-0.15, -0.1) is 11.3 Å². The van der Waals surface area contributed by atoms with E-state index in [-0.39, 0.29) is 6.04 Å². The molecule has 0 saturated carbocycles. The summed E-state index contributed by atoms with van der Waals surface area (Å²) >= 11 is 5.20. The minimum Gasteiger partial charge on any atom is -0.271 e. The largest absolute Gasteiger partial charge is 0.271 e. The second-order valence-electron chi connectivity index (χ2n) is 4.36. The molecule has 0 spiro atoms. The quantitative estimate of drug-likeness (QED) is 0.626. The summed E-state index contributed by atoms with van der Waals surface area (Å²) in [5.74, 6) is 5.70. The maximum atomic E-state index is 5.70. The number of nitrogens with one attached hydrogen (secondary N) is 1. The highest BCUT2D eigenvalue weighted by atomic mass is 79.9. The molecule has 2 aromatic heterocycles. The molecule has 2 aromatic rings. The number of hydrogen-bond acceptors (Lipinski definition) is 4. The molecule has 0 radical (unpaired) electrons. The third-order valence-corrected chi connectivity index (χ3v) is 4.86. The monoisotopic (exact) mass is 342 g/mol. The predicted molar refractivity (Wildman–Crippen MR) is 83.1 cm³/mol. The summed E-state index contributed by atoms with van der Waals surface area (Å²) in [6.45, 7) is 5.13. The number of hydrazine groups is 1. The zero-order chi connectivity index (χ0) is 13.8. The number of hydrogen-bond donors (Lipinski definition) is 2. The van der Waals surface area contributed by atoms with Crippen LogP contribution in [-0.2, 0) is 19.4 Å². The van der Waals surface area contributed by atoms with Crippen LogP contribution >= 0.6 is 27.3 Å². The lowest BCUT2D eigenvalue weighted by Crippen LogP contribution is -2.29. The van der Waals surface area contributed by atoms with Crippen molar-refractivity contribution in [2.24, 2.45) is 5.84 Å². The van der Waals surface area contributed by atoms with Crippen molar-refractivity contribution in [3.8, 4) is 0 Å². The van der Waals surface area contributed by atoms with Gasteiger partial charge in [0, 0.05) is 23.5 Å². The van der Waals surface area contributed by atoms with Crippen LogP contribution < -0.4 is 11.3 Å². The van der Waals surface area contributed by atoms with E-state index in [4.69, 9.17) is 5.84 Å². The molecule has 0 aliphatic rings. The van der Waals surface area contributed by atoms with Crippen molar-refractivity contribution in [1.82, 2.24) is 15.2 Å². The zero-order valence-electron chi connectivity index (χ0n) is 11.2. The summed E-state index contributed by atoms with van der Waals surface area (Å²) in [5, 5.41) is 4.58. The number of aromatic nitrogens is 2. The van der Waals surface area contributed by atoms with Crippen molar-refractivity contribution in [2.75, 3.05) is 0 Å². The van der Waals surface area contributed by atoms with E-state index in [1.54, 1.807) is 11.3 Å². The molecule has 1 atom stereocenters. The van der Waals surface area contributed by atoms with Crippen LogP contribution in [0.4, 0.5) is 0 Å².